The Kier molecular flexibility index (Phi) is 48.3. The average Bonchev–Trinajstić information content (AvgIpc) is 3.26. The van der Waals surface area contributed by atoms with Crippen LogP contribution in [0.2, 0.25) is 0 Å². The second-order valence-electron chi connectivity index (χ2n) is 17.8. The van der Waals surface area contributed by atoms with Gasteiger partial charge in [0.05, 0.1) is 0 Å². The zero-order chi connectivity index (χ0) is 44.4. The van der Waals surface area contributed by atoms with E-state index in [9.17, 15) is 14.4 Å². The van der Waals surface area contributed by atoms with Crippen molar-refractivity contribution in [3.05, 3.63) is 36.5 Å². The van der Waals surface area contributed by atoms with E-state index in [2.05, 4.69) is 57.2 Å². The van der Waals surface area contributed by atoms with Gasteiger partial charge in [-0.15, -0.1) is 0 Å². The van der Waals surface area contributed by atoms with E-state index in [1.165, 1.54) is 154 Å². The first-order valence-corrected chi connectivity index (χ1v) is 26.5. The highest BCUT2D eigenvalue weighted by molar-refractivity contribution is 5.71. The summed E-state index contributed by atoms with van der Waals surface area (Å²) in [7, 11) is 0. The minimum absolute atomic E-state index is 0.0782. The van der Waals surface area contributed by atoms with Gasteiger partial charge in [0.25, 0.3) is 0 Å². The molecule has 0 N–H and O–H groups in total. The number of unbranched alkanes of at least 4 members (excludes halogenated alkanes) is 31. The van der Waals surface area contributed by atoms with E-state index in [1.54, 1.807) is 0 Å². The molecular weight excluding hydrogens is 757 g/mol. The lowest BCUT2D eigenvalue weighted by molar-refractivity contribution is -0.167. The predicted molar refractivity (Wildman–Crippen MR) is 261 cm³/mol. The number of esters is 3. The summed E-state index contributed by atoms with van der Waals surface area (Å²) in [5.41, 5.74) is 0. The van der Waals surface area contributed by atoms with Crippen LogP contribution in [0.3, 0.4) is 0 Å². The first kappa shape index (κ1) is 58.6. The van der Waals surface area contributed by atoms with Gasteiger partial charge in [-0.3, -0.25) is 14.4 Å². The molecule has 0 aliphatic heterocycles. The molecule has 0 aromatic heterocycles. The van der Waals surface area contributed by atoms with E-state index < -0.39 is 6.10 Å². The molecule has 0 amide bonds. The Morgan fingerprint density at radius 3 is 0.967 bits per heavy atom. The van der Waals surface area contributed by atoms with Crippen molar-refractivity contribution >= 4 is 17.9 Å². The summed E-state index contributed by atoms with van der Waals surface area (Å²) in [5.74, 6) is -0.888. The van der Waals surface area contributed by atoms with Gasteiger partial charge >= 0.3 is 17.9 Å². The van der Waals surface area contributed by atoms with Crippen molar-refractivity contribution in [1.29, 1.82) is 0 Å². The maximum Gasteiger partial charge on any atom is 0.306 e. The fraction of sp³-hybridized carbons (Fsp3) is 0.836. The number of hydrogen-bond donors (Lipinski definition) is 0. The first-order valence-electron chi connectivity index (χ1n) is 26.5. The maximum atomic E-state index is 12.8. The van der Waals surface area contributed by atoms with E-state index in [0.717, 1.165) is 83.5 Å². The summed E-state index contributed by atoms with van der Waals surface area (Å²) in [6.45, 7) is 6.60. The lowest BCUT2D eigenvalue weighted by Gasteiger charge is -2.18. The van der Waals surface area contributed by atoms with Crippen LogP contribution in [0.25, 0.3) is 0 Å². The molecule has 0 spiro atoms. The molecule has 0 heterocycles. The summed E-state index contributed by atoms with van der Waals surface area (Å²) in [5, 5.41) is 0. The van der Waals surface area contributed by atoms with E-state index in [4.69, 9.17) is 14.2 Å². The molecule has 0 bridgehead atoms. The van der Waals surface area contributed by atoms with Crippen molar-refractivity contribution in [2.24, 2.45) is 0 Å². The van der Waals surface area contributed by atoms with Crippen LogP contribution in [0.5, 0.6) is 0 Å². The van der Waals surface area contributed by atoms with Crippen molar-refractivity contribution in [3.63, 3.8) is 0 Å². The standard InChI is InChI=1S/C55H100O6/c1-4-7-10-13-16-19-22-25-27-30-33-36-39-42-45-48-54(57)60-51-52(50-59-53(56)47-44-41-38-35-32-29-24-21-18-15-12-9-6-3)61-55(58)49-46-43-40-37-34-31-28-26-23-20-17-14-11-8-5-2/h16,19,21,24-25,27,52H,4-15,17-18,20,22-23,26,28-51H2,1-3H3/b19-16-,24-21-,27-25-. The van der Waals surface area contributed by atoms with Crippen LogP contribution >= 0.6 is 0 Å². The topological polar surface area (TPSA) is 78.9 Å². The van der Waals surface area contributed by atoms with Gasteiger partial charge in [0, 0.05) is 19.3 Å². The SMILES string of the molecule is CCCCC/C=C\C/C=C\CCCCCCCC(=O)OCC(COC(=O)CCCCCCC/C=C\CCCCCC)OC(=O)CCCCCCCCCCCCCCCCC. The number of ether oxygens (including phenoxy) is 3. The smallest absolute Gasteiger partial charge is 0.306 e. The number of carbonyl (C=O) groups is 3. The average molecular weight is 857 g/mol. The van der Waals surface area contributed by atoms with Crippen molar-refractivity contribution in [2.75, 3.05) is 13.2 Å². The van der Waals surface area contributed by atoms with Crippen molar-refractivity contribution in [1.82, 2.24) is 0 Å². The molecule has 1 atom stereocenters. The largest absolute Gasteiger partial charge is 0.462 e. The molecule has 0 saturated heterocycles. The van der Waals surface area contributed by atoms with Gasteiger partial charge in [0.2, 0.25) is 0 Å². The van der Waals surface area contributed by atoms with Gasteiger partial charge in [0.15, 0.2) is 6.10 Å². The minimum atomic E-state index is -0.777. The zero-order valence-electron chi connectivity index (χ0n) is 40.7. The molecule has 0 fully saturated rings. The van der Waals surface area contributed by atoms with Gasteiger partial charge in [-0.25, -0.2) is 0 Å². The van der Waals surface area contributed by atoms with Crippen LogP contribution < -0.4 is 0 Å². The predicted octanol–water partition coefficient (Wildman–Crippen LogP) is 17.3. The fourth-order valence-corrected chi connectivity index (χ4v) is 7.59. The maximum absolute atomic E-state index is 12.8. The third kappa shape index (κ3) is 48.5. The summed E-state index contributed by atoms with van der Waals surface area (Å²) in [4.78, 5) is 38.0. The molecule has 1 unspecified atom stereocenters. The van der Waals surface area contributed by atoms with Gasteiger partial charge in [0.1, 0.15) is 13.2 Å². The Morgan fingerprint density at radius 1 is 0.328 bits per heavy atom. The van der Waals surface area contributed by atoms with Crippen LogP contribution in [0.1, 0.15) is 278 Å². The zero-order valence-corrected chi connectivity index (χ0v) is 40.7. The van der Waals surface area contributed by atoms with Crippen molar-refractivity contribution in [2.45, 2.75) is 284 Å². The van der Waals surface area contributed by atoms with E-state index >= 15 is 0 Å². The van der Waals surface area contributed by atoms with Crippen LogP contribution in [0, 0.1) is 0 Å². The van der Waals surface area contributed by atoms with E-state index in [1.807, 2.05) is 0 Å². The first-order chi connectivity index (χ1) is 30.0. The Balaban J connectivity index is 4.38. The highest BCUT2D eigenvalue weighted by atomic mass is 16.6. The van der Waals surface area contributed by atoms with Crippen LogP contribution in [0.4, 0.5) is 0 Å². The quantitative estimate of drug-likeness (QED) is 0.0262. The summed E-state index contributed by atoms with van der Waals surface area (Å²) in [6.07, 6.45) is 58.3. The third-order valence-electron chi connectivity index (χ3n) is 11.6. The van der Waals surface area contributed by atoms with E-state index in [0.29, 0.717) is 19.3 Å². The summed E-state index contributed by atoms with van der Waals surface area (Å²) < 4.78 is 16.8. The normalized spacial score (nSPS) is 12.2. The molecule has 0 aliphatic carbocycles. The molecule has 356 valence electrons. The number of allylic oxidation sites excluding steroid dienone is 6. The van der Waals surface area contributed by atoms with Crippen LogP contribution in [-0.2, 0) is 28.6 Å². The van der Waals surface area contributed by atoms with Crippen LogP contribution in [-0.4, -0.2) is 37.2 Å². The number of hydrogen-bond acceptors (Lipinski definition) is 6. The summed E-state index contributed by atoms with van der Waals surface area (Å²) in [6, 6.07) is 0. The highest BCUT2D eigenvalue weighted by Crippen LogP contribution is 2.15. The molecule has 6 nitrogen and oxygen atoms in total. The molecule has 0 aromatic rings. The van der Waals surface area contributed by atoms with Crippen molar-refractivity contribution in [3.8, 4) is 0 Å². The van der Waals surface area contributed by atoms with Gasteiger partial charge in [-0.2, -0.15) is 0 Å². The molecule has 0 aromatic carbocycles. The van der Waals surface area contributed by atoms with E-state index in [-0.39, 0.29) is 31.1 Å². The Morgan fingerprint density at radius 2 is 0.590 bits per heavy atom. The van der Waals surface area contributed by atoms with Gasteiger partial charge < -0.3 is 14.2 Å². The van der Waals surface area contributed by atoms with Crippen LogP contribution in [0.15, 0.2) is 36.5 Å². The summed E-state index contributed by atoms with van der Waals surface area (Å²) >= 11 is 0. The fourth-order valence-electron chi connectivity index (χ4n) is 7.59. The molecule has 0 radical (unpaired) electrons. The minimum Gasteiger partial charge on any atom is -0.462 e. The Labute approximate surface area is 378 Å². The second-order valence-corrected chi connectivity index (χ2v) is 17.8. The second kappa shape index (κ2) is 50.3. The molecule has 0 saturated carbocycles. The van der Waals surface area contributed by atoms with Gasteiger partial charge in [-0.1, -0.05) is 218 Å². The number of rotatable bonds is 48. The molecule has 6 heteroatoms. The van der Waals surface area contributed by atoms with Gasteiger partial charge in [-0.05, 0) is 77.0 Å². The Bertz CT molecular complexity index is 1030. The third-order valence-corrected chi connectivity index (χ3v) is 11.6. The molecular formula is C55H100O6. The highest BCUT2D eigenvalue weighted by Gasteiger charge is 2.19. The lowest BCUT2D eigenvalue weighted by Crippen LogP contribution is -2.30. The number of carbonyl (C=O) groups excluding carboxylic acids is 3. The molecule has 61 heavy (non-hydrogen) atoms. The van der Waals surface area contributed by atoms with Crippen molar-refractivity contribution < 1.29 is 28.6 Å². The lowest BCUT2D eigenvalue weighted by atomic mass is 10.0. The molecule has 0 rings (SSSR count). The Hall–Kier alpha value is -2.37. The monoisotopic (exact) mass is 857 g/mol. The molecule has 0 aliphatic rings.